The minimum atomic E-state index is -0.552. The summed E-state index contributed by atoms with van der Waals surface area (Å²) in [5, 5.41) is 17.9. The van der Waals surface area contributed by atoms with Crippen LogP contribution in [0.1, 0.15) is 24.5 Å². The van der Waals surface area contributed by atoms with Gasteiger partial charge < -0.3 is 14.8 Å². The molecular weight excluding hydrogens is 364 g/mol. The molecule has 0 fully saturated rings. The number of rotatable bonds is 8. The third-order valence-corrected chi connectivity index (χ3v) is 3.70. The summed E-state index contributed by atoms with van der Waals surface area (Å²) in [4.78, 5) is 22.8. The summed E-state index contributed by atoms with van der Waals surface area (Å²) in [6.45, 7) is 4.09. The van der Waals surface area contributed by atoms with Gasteiger partial charge in [0.15, 0.2) is 5.75 Å². The van der Waals surface area contributed by atoms with Crippen molar-refractivity contribution >= 4 is 23.6 Å². The van der Waals surface area contributed by atoms with E-state index in [2.05, 4.69) is 15.8 Å². The summed E-state index contributed by atoms with van der Waals surface area (Å²) in [5.74, 6) is 0.283. The lowest BCUT2D eigenvalue weighted by molar-refractivity contribution is -0.386. The van der Waals surface area contributed by atoms with Gasteiger partial charge in [-0.15, -0.1) is 0 Å². The number of nitrogens with one attached hydrogen (secondary N) is 2. The topological polar surface area (TPSA) is 115 Å². The maximum absolute atomic E-state index is 11.9. The quantitative estimate of drug-likeness (QED) is 0.406. The van der Waals surface area contributed by atoms with E-state index in [4.69, 9.17) is 9.47 Å². The number of carbonyl (C=O) groups is 1. The Morgan fingerprint density at radius 1 is 1.32 bits per heavy atom. The number of para-hydroxylation sites is 1. The van der Waals surface area contributed by atoms with Gasteiger partial charge in [0, 0.05) is 17.3 Å². The Morgan fingerprint density at radius 3 is 2.71 bits per heavy atom. The van der Waals surface area contributed by atoms with Crippen LogP contribution < -0.4 is 20.2 Å². The second-order valence-electron chi connectivity index (χ2n) is 5.82. The standard InChI is InChI=1S/C19H22N4O5/c1-4-9-28-18-16(23(25)26)10-14(11-17(18)27-3)12-20-22-19(24)21-15-8-6-5-7-13(15)2/h5-8,10-12H,4,9H2,1-3H3,(H2,21,22,24)/b20-12-. The van der Waals surface area contributed by atoms with Crippen LogP contribution in [0.2, 0.25) is 0 Å². The third-order valence-electron chi connectivity index (χ3n) is 3.70. The number of urea groups is 1. The molecule has 0 aromatic heterocycles. The third kappa shape index (κ3) is 5.44. The molecule has 0 unspecified atom stereocenters. The van der Waals surface area contributed by atoms with E-state index in [0.717, 1.165) is 5.56 Å². The molecular formula is C19H22N4O5. The molecule has 0 heterocycles. The number of anilines is 1. The Bertz CT molecular complexity index is 883. The molecule has 2 aromatic carbocycles. The van der Waals surface area contributed by atoms with Crippen molar-refractivity contribution < 1.29 is 19.2 Å². The number of nitro benzene ring substituents is 1. The van der Waals surface area contributed by atoms with Crippen LogP contribution in [0.5, 0.6) is 11.5 Å². The van der Waals surface area contributed by atoms with Crippen molar-refractivity contribution in [3.8, 4) is 11.5 Å². The Labute approximate surface area is 162 Å². The van der Waals surface area contributed by atoms with Gasteiger partial charge in [-0.2, -0.15) is 5.10 Å². The first kappa shape index (κ1) is 20.7. The van der Waals surface area contributed by atoms with Gasteiger partial charge in [-0.25, -0.2) is 10.2 Å². The van der Waals surface area contributed by atoms with E-state index in [1.54, 1.807) is 18.2 Å². The largest absolute Gasteiger partial charge is 0.493 e. The molecule has 9 nitrogen and oxygen atoms in total. The molecule has 0 aliphatic carbocycles. The first-order valence-electron chi connectivity index (χ1n) is 8.61. The predicted molar refractivity (Wildman–Crippen MR) is 106 cm³/mol. The van der Waals surface area contributed by atoms with Crippen LogP contribution in [-0.4, -0.2) is 30.9 Å². The molecule has 148 valence electrons. The SMILES string of the molecule is CCCOc1c(OC)cc(/C=N\NC(=O)Nc2ccccc2C)cc1[N+](=O)[O-]. The van der Waals surface area contributed by atoms with E-state index in [9.17, 15) is 14.9 Å². The molecule has 0 saturated carbocycles. The van der Waals surface area contributed by atoms with Crippen LogP contribution in [0, 0.1) is 17.0 Å². The Balaban J connectivity index is 2.14. The summed E-state index contributed by atoms with van der Waals surface area (Å²) in [6.07, 6.45) is 1.99. The van der Waals surface area contributed by atoms with Crippen molar-refractivity contribution in [2.45, 2.75) is 20.3 Å². The number of nitrogens with zero attached hydrogens (tertiary/aromatic N) is 2. The normalized spacial score (nSPS) is 10.5. The number of hydrazone groups is 1. The van der Waals surface area contributed by atoms with Gasteiger partial charge in [0.2, 0.25) is 5.75 Å². The number of ether oxygens (including phenoxy) is 2. The minimum Gasteiger partial charge on any atom is -0.493 e. The summed E-state index contributed by atoms with van der Waals surface area (Å²) in [7, 11) is 1.40. The highest BCUT2D eigenvalue weighted by atomic mass is 16.6. The minimum absolute atomic E-state index is 0.0664. The van der Waals surface area contributed by atoms with Crippen molar-refractivity contribution in [2.24, 2.45) is 5.10 Å². The molecule has 0 aliphatic rings. The van der Waals surface area contributed by atoms with E-state index in [0.29, 0.717) is 24.3 Å². The maximum atomic E-state index is 11.9. The lowest BCUT2D eigenvalue weighted by Gasteiger charge is -2.11. The molecule has 0 aliphatic heterocycles. The highest BCUT2D eigenvalue weighted by molar-refractivity contribution is 5.91. The highest BCUT2D eigenvalue weighted by Crippen LogP contribution is 2.38. The van der Waals surface area contributed by atoms with Crippen molar-refractivity contribution in [3.63, 3.8) is 0 Å². The average molecular weight is 386 g/mol. The van der Waals surface area contributed by atoms with Gasteiger partial charge in [0.1, 0.15) is 0 Å². The molecule has 28 heavy (non-hydrogen) atoms. The molecule has 2 N–H and O–H groups in total. The summed E-state index contributed by atoms with van der Waals surface area (Å²) >= 11 is 0. The lowest BCUT2D eigenvalue weighted by atomic mass is 10.2. The summed E-state index contributed by atoms with van der Waals surface area (Å²) < 4.78 is 10.7. The zero-order chi connectivity index (χ0) is 20.5. The van der Waals surface area contributed by atoms with Crippen molar-refractivity contribution in [3.05, 3.63) is 57.6 Å². The lowest BCUT2D eigenvalue weighted by Crippen LogP contribution is -2.24. The molecule has 0 radical (unpaired) electrons. The van der Waals surface area contributed by atoms with Crippen LogP contribution >= 0.6 is 0 Å². The van der Waals surface area contributed by atoms with Crippen molar-refractivity contribution in [1.29, 1.82) is 0 Å². The zero-order valence-corrected chi connectivity index (χ0v) is 15.9. The smallest absolute Gasteiger partial charge is 0.339 e. The van der Waals surface area contributed by atoms with Gasteiger partial charge in [0.25, 0.3) is 0 Å². The fraction of sp³-hybridized carbons (Fsp3) is 0.263. The van der Waals surface area contributed by atoms with E-state index >= 15 is 0 Å². The number of benzene rings is 2. The first-order chi connectivity index (χ1) is 13.5. The number of hydrogen-bond acceptors (Lipinski definition) is 6. The summed E-state index contributed by atoms with van der Waals surface area (Å²) in [6, 6.07) is 9.62. The molecule has 0 bridgehead atoms. The zero-order valence-electron chi connectivity index (χ0n) is 15.9. The second-order valence-corrected chi connectivity index (χ2v) is 5.82. The van der Waals surface area contributed by atoms with Crippen LogP contribution in [0.4, 0.5) is 16.2 Å². The molecule has 2 aromatic rings. The van der Waals surface area contributed by atoms with E-state index in [-0.39, 0.29) is 17.2 Å². The number of hydrogen-bond donors (Lipinski definition) is 2. The van der Waals surface area contributed by atoms with Gasteiger partial charge in [-0.3, -0.25) is 10.1 Å². The number of nitro groups is 1. The fourth-order valence-electron chi connectivity index (χ4n) is 2.35. The number of amides is 2. The van der Waals surface area contributed by atoms with Crippen molar-refractivity contribution in [2.75, 3.05) is 19.0 Å². The van der Waals surface area contributed by atoms with Crippen LogP contribution in [-0.2, 0) is 0 Å². The fourth-order valence-corrected chi connectivity index (χ4v) is 2.35. The van der Waals surface area contributed by atoms with Gasteiger partial charge >= 0.3 is 11.7 Å². The monoisotopic (exact) mass is 386 g/mol. The highest BCUT2D eigenvalue weighted by Gasteiger charge is 2.21. The summed E-state index contributed by atoms with van der Waals surface area (Å²) in [5.41, 5.74) is 4.02. The van der Waals surface area contributed by atoms with E-state index < -0.39 is 11.0 Å². The van der Waals surface area contributed by atoms with Gasteiger partial charge in [0.05, 0.1) is 24.9 Å². The second kappa shape index (κ2) is 9.91. The molecule has 0 spiro atoms. The van der Waals surface area contributed by atoms with Gasteiger partial charge in [-0.05, 0) is 31.0 Å². The van der Waals surface area contributed by atoms with Gasteiger partial charge in [-0.1, -0.05) is 25.1 Å². The van der Waals surface area contributed by atoms with Crippen LogP contribution in [0.3, 0.4) is 0 Å². The van der Waals surface area contributed by atoms with E-state index in [1.807, 2.05) is 26.0 Å². The van der Waals surface area contributed by atoms with Crippen LogP contribution in [0.25, 0.3) is 0 Å². The maximum Gasteiger partial charge on any atom is 0.339 e. The predicted octanol–water partition coefficient (Wildman–Crippen LogP) is 3.86. The molecule has 0 atom stereocenters. The number of methoxy groups -OCH3 is 1. The molecule has 2 rings (SSSR count). The Morgan fingerprint density at radius 2 is 2.07 bits per heavy atom. The van der Waals surface area contributed by atoms with E-state index in [1.165, 1.54) is 19.4 Å². The molecule has 0 saturated heterocycles. The van der Waals surface area contributed by atoms with Crippen LogP contribution in [0.15, 0.2) is 41.5 Å². The van der Waals surface area contributed by atoms with Crippen molar-refractivity contribution in [1.82, 2.24) is 5.43 Å². The Kier molecular flexibility index (Phi) is 7.32. The molecule has 9 heteroatoms. The number of aryl methyl sites for hydroxylation is 1. The number of carbonyl (C=O) groups excluding carboxylic acids is 1. The average Bonchev–Trinajstić information content (AvgIpc) is 2.67. The Hall–Kier alpha value is -3.62. The molecule has 2 amide bonds. The first-order valence-corrected chi connectivity index (χ1v) is 8.61.